The maximum Gasteiger partial charge on any atom is 0.241 e. The molecule has 0 aliphatic carbocycles. The summed E-state index contributed by atoms with van der Waals surface area (Å²) in [5.41, 5.74) is 4.91. The van der Waals surface area contributed by atoms with Crippen LogP contribution in [0.5, 0.6) is 0 Å². The molecule has 0 fully saturated rings. The first-order chi connectivity index (χ1) is 5.16. The fourth-order valence-corrected chi connectivity index (χ4v) is 0.806. The van der Waals surface area contributed by atoms with Gasteiger partial charge in [0, 0.05) is 0 Å². The topological polar surface area (TPSA) is 43.1 Å². The summed E-state index contributed by atoms with van der Waals surface area (Å²) in [6.07, 6.45) is 8.16. The fourth-order valence-electron chi connectivity index (χ4n) is 0.806. The number of rotatable bonds is 4. The Balaban J connectivity index is 3.61. The smallest absolute Gasteiger partial charge is 0.241 e. The predicted octanol–water partition coefficient (Wildman–Crippen LogP) is 1.63. The first-order valence-corrected chi connectivity index (χ1v) is 3.75. The van der Waals surface area contributed by atoms with Gasteiger partial charge in [0.1, 0.15) is 0 Å². The van der Waals surface area contributed by atoms with Crippen LogP contribution in [0.3, 0.4) is 0 Å². The highest BCUT2D eigenvalue weighted by atomic mass is 16.1. The molecule has 62 valence electrons. The minimum Gasteiger partial charge on any atom is -0.366 e. The molecule has 1 unspecified atom stereocenters. The summed E-state index contributed by atoms with van der Waals surface area (Å²) in [7, 11) is 0. The standard InChI is InChI=1S/C9H15NO/c1-3-5-8(2)6-4-7-9(10)11/h3-5,7-8H,6H2,1-2H3,(H2,10,11). The van der Waals surface area contributed by atoms with Crippen LogP contribution in [0, 0.1) is 5.92 Å². The number of hydrogen-bond donors (Lipinski definition) is 1. The minimum absolute atomic E-state index is 0.377. The van der Waals surface area contributed by atoms with Gasteiger partial charge < -0.3 is 5.73 Å². The molecular weight excluding hydrogens is 138 g/mol. The Morgan fingerprint density at radius 3 is 2.73 bits per heavy atom. The molecule has 2 heteroatoms. The van der Waals surface area contributed by atoms with Crippen molar-refractivity contribution in [2.45, 2.75) is 20.3 Å². The van der Waals surface area contributed by atoms with Crippen LogP contribution in [0.1, 0.15) is 20.3 Å². The molecule has 0 heterocycles. The SMILES string of the molecule is CC=CC(C)CC=CC(N)=O. The van der Waals surface area contributed by atoms with Crippen LogP contribution in [0.2, 0.25) is 0 Å². The molecule has 0 radical (unpaired) electrons. The quantitative estimate of drug-likeness (QED) is 0.484. The lowest BCUT2D eigenvalue weighted by molar-refractivity contribution is -0.113. The predicted molar refractivity (Wildman–Crippen MR) is 46.9 cm³/mol. The van der Waals surface area contributed by atoms with Crippen LogP contribution in [0.4, 0.5) is 0 Å². The van der Waals surface area contributed by atoms with Crippen molar-refractivity contribution in [3.8, 4) is 0 Å². The van der Waals surface area contributed by atoms with E-state index in [1.165, 1.54) is 6.08 Å². The molecule has 11 heavy (non-hydrogen) atoms. The molecule has 0 saturated heterocycles. The Bertz CT molecular complexity index is 170. The van der Waals surface area contributed by atoms with E-state index in [1.54, 1.807) is 6.08 Å². The zero-order valence-electron chi connectivity index (χ0n) is 7.08. The highest BCUT2D eigenvalue weighted by Crippen LogP contribution is 2.03. The van der Waals surface area contributed by atoms with Crippen molar-refractivity contribution in [3.05, 3.63) is 24.3 Å². The Hall–Kier alpha value is -1.05. The van der Waals surface area contributed by atoms with Gasteiger partial charge in [0.25, 0.3) is 0 Å². The van der Waals surface area contributed by atoms with Crippen LogP contribution >= 0.6 is 0 Å². The molecule has 1 amide bonds. The highest BCUT2D eigenvalue weighted by molar-refractivity contribution is 5.85. The van der Waals surface area contributed by atoms with E-state index in [4.69, 9.17) is 5.73 Å². The van der Waals surface area contributed by atoms with Crippen molar-refractivity contribution in [2.24, 2.45) is 11.7 Å². The van der Waals surface area contributed by atoms with Gasteiger partial charge in [-0.05, 0) is 25.3 Å². The Labute approximate surface area is 67.8 Å². The largest absolute Gasteiger partial charge is 0.366 e. The first-order valence-electron chi connectivity index (χ1n) is 3.75. The Morgan fingerprint density at radius 2 is 2.27 bits per heavy atom. The van der Waals surface area contributed by atoms with Crippen molar-refractivity contribution in [1.29, 1.82) is 0 Å². The van der Waals surface area contributed by atoms with Crippen LogP contribution < -0.4 is 5.73 Å². The summed E-state index contributed by atoms with van der Waals surface area (Å²) in [6, 6.07) is 0. The molecular formula is C9H15NO. The molecule has 0 spiro atoms. The van der Waals surface area contributed by atoms with E-state index in [-0.39, 0.29) is 5.91 Å². The van der Waals surface area contributed by atoms with Gasteiger partial charge >= 0.3 is 0 Å². The Morgan fingerprint density at radius 1 is 1.64 bits per heavy atom. The van der Waals surface area contributed by atoms with Crippen molar-refractivity contribution in [1.82, 2.24) is 0 Å². The van der Waals surface area contributed by atoms with E-state index < -0.39 is 0 Å². The van der Waals surface area contributed by atoms with Gasteiger partial charge in [0.15, 0.2) is 0 Å². The molecule has 0 aliphatic rings. The second kappa shape index (κ2) is 5.71. The summed E-state index contributed by atoms with van der Waals surface area (Å²) in [4.78, 5) is 10.3. The number of hydrogen-bond acceptors (Lipinski definition) is 1. The number of allylic oxidation sites excluding steroid dienone is 3. The van der Waals surface area contributed by atoms with Gasteiger partial charge in [0.2, 0.25) is 5.91 Å². The second-order valence-electron chi connectivity index (χ2n) is 2.54. The number of carbonyl (C=O) groups is 1. The van der Waals surface area contributed by atoms with Gasteiger partial charge in [-0.25, -0.2) is 0 Å². The molecule has 0 aromatic rings. The minimum atomic E-state index is -0.377. The molecule has 0 bridgehead atoms. The second-order valence-corrected chi connectivity index (χ2v) is 2.54. The van der Waals surface area contributed by atoms with Crippen LogP contribution in [-0.4, -0.2) is 5.91 Å². The van der Waals surface area contributed by atoms with Gasteiger partial charge in [-0.1, -0.05) is 25.2 Å². The molecule has 2 N–H and O–H groups in total. The third-order valence-electron chi connectivity index (χ3n) is 1.31. The molecule has 0 aromatic heterocycles. The van der Waals surface area contributed by atoms with E-state index >= 15 is 0 Å². The Kier molecular flexibility index (Phi) is 5.17. The average molecular weight is 153 g/mol. The number of amides is 1. The average Bonchev–Trinajstić information content (AvgIpc) is 1.87. The van der Waals surface area contributed by atoms with Gasteiger partial charge in [0.05, 0.1) is 0 Å². The van der Waals surface area contributed by atoms with Gasteiger partial charge in [-0.2, -0.15) is 0 Å². The maximum absolute atomic E-state index is 10.3. The first kappa shape index (κ1) is 9.95. The molecule has 1 atom stereocenters. The van der Waals surface area contributed by atoms with E-state index in [0.717, 1.165) is 6.42 Å². The lowest BCUT2D eigenvalue weighted by atomic mass is 10.1. The summed E-state index contributed by atoms with van der Waals surface area (Å²) in [6.45, 7) is 4.07. The molecule has 0 aliphatic heterocycles. The van der Waals surface area contributed by atoms with Crippen LogP contribution in [0.25, 0.3) is 0 Å². The molecule has 0 aromatic carbocycles. The van der Waals surface area contributed by atoms with Gasteiger partial charge in [-0.15, -0.1) is 0 Å². The molecule has 2 nitrogen and oxygen atoms in total. The van der Waals surface area contributed by atoms with Gasteiger partial charge in [-0.3, -0.25) is 4.79 Å². The zero-order chi connectivity index (χ0) is 8.69. The molecule has 0 saturated carbocycles. The molecule has 0 rings (SSSR count). The summed E-state index contributed by atoms with van der Waals surface area (Å²) < 4.78 is 0. The third kappa shape index (κ3) is 6.84. The lowest BCUT2D eigenvalue weighted by Crippen LogP contribution is -2.05. The van der Waals surface area contributed by atoms with E-state index in [1.807, 2.05) is 13.0 Å². The van der Waals surface area contributed by atoms with E-state index in [2.05, 4.69) is 13.0 Å². The van der Waals surface area contributed by atoms with E-state index in [0.29, 0.717) is 5.92 Å². The number of carbonyl (C=O) groups excluding carboxylic acids is 1. The van der Waals surface area contributed by atoms with Crippen molar-refractivity contribution >= 4 is 5.91 Å². The third-order valence-corrected chi connectivity index (χ3v) is 1.31. The highest BCUT2D eigenvalue weighted by Gasteiger charge is 1.91. The monoisotopic (exact) mass is 153 g/mol. The van der Waals surface area contributed by atoms with Crippen LogP contribution in [0.15, 0.2) is 24.3 Å². The van der Waals surface area contributed by atoms with Crippen LogP contribution in [-0.2, 0) is 4.79 Å². The van der Waals surface area contributed by atoms with Crippen molar-refractivity contribution in [3.63, 3.8) is 0 Å². The van der Waals surface area contributed by atoms with Crippen molar-refractivity contribution < 1.29 is 4.79 Å². The van der Waals surface area contributed by atoms with Crippen molar-refractivity contribution in [2.75, 3.05) is 0 Å². The number of primary amides is 1. The normalized spacial score (nSPS) is 14.4. The summed E-state index contributed by atoms with van der Waals surface area (Å²) in [5.74, 6) is 0.105. The fraction of sp³-hybridized carbons (Fsp3) is 0.444. The summed E-state index contributed by atoms with van der Waals surface area (Å²) in [5, 5.41) is 0. The van der Waals surface area contributed by atoms with E-state index in [9.17, 15) is 4.79 Å². The lowest BCUT2D eigenvalue weighted by Gasteiger charge is -1.98. The number of nitrogens with two attached hydrogens (primary N) is 1. The zero-order valence-corrected chi connectivity index (χ0v) is 7.08. The maximum atomic E-state index is 10.3. The summed E-state index contributed by atoms with van der Waals surface area (Å²) >= 11 is 0.